The van der Waals surface area contributed by atoms with Crippen LogP contribution in [0, 0.1) is 6.92 Å². The third kappa shape index (κ3) is 7.81. The van der Waals surface area contributed by atoms with Gasteiger partial charge in [-0.25, -0.2) is 8.42 Å². The molecule has 224 valence electrons. The van der Waals surface area contributed by atoms with Crippen LogP contribution < -0.4 is 9.62 Å². The fraction of sp³-hybridized carbons (Fsp3) is 0.394. The molecule has 3 aromatic carbocycles. The van der Waals surface area contributed by atoms with Gasteiger partial charge in [-0.15, -0.1) is 0 Å². The van der Waals surface area contributed by atoms with Crippen LogP contribution >= 0.6 is 15.9 Å². The number of para-hydroxylation sites is 1. The van der Waals surface area contributed by atoms with Crippen molar-refractivity contribution in [2.75, 3.05) is 10.8 Å². The largest absolute Gasteiger partial charge is 0.352 e. The summed E-state index contributed by atoms with van der Waals surface area (Å²) in [6.07, 6.45) is 5.76. The van der Waals surface area contributed by atoms with Gasteiger partial charge < -0.3 is 10.2 Å². The van der Waals surface area contributed by atoms with E-state index in [0.717, 1.165) is 46.8 Å². The van der Waals surface area contributed by atoms with Crippen LogP contribution in [0.3, 0.4) is 0 Å². The second-order valence-corrected chi connectivity index (χ2v) is 13.8. The molecule has 1 N–H and O–H groups in total. The van der Waals surface area contributed by atoms with Gasteiger partial charge in [-0.3, -0.25) is 13.9 Å². The van der Waals surface area contributed by atoms with Crippen LogP contribution in [0.4, 0.5) is 5.69 Å². The monoisotopic (exact) mass is 653 g/mol. The molecule has 0 saturated heterocycles. The number of aryl methyl sites for hydroxylation is 2. The molecule has 7 nitrogen and oxygen atoms in total. The van der Waals surface area contributed by atoms with E-state index in [4.69, 9.17) is 0 Å². The molecule has 1 saturated carbocycles. The molecule has 0 radical (unpaired) electrons. The number of nitrogens with one attached hydrogen (secondary N) is 1. The highest BCUT2D eigenvalue weighted by atomic mass is 79.9. The maximum atomic E-state index is 14.2. The zero-order chi connectivity index (χ0) is 30.3. The van der Waals surface area contributed by atoms with Crippen molar-refractivity contribution < 1.29 is 18.0 Å². The van der Waals surface area contributed by atoms with Crippen LogP contribution in [0.1, 0.15) is 62.6 Å². The maximum Gasteiger partial charge on any atom is 0.264 e. The highest BCUT2D eigenvalue weighted by Crippen LogP contribution is 2.28. The Bertz CT molecular complexity index is 1470. The van der Waals surface area contributed by atoms with E-state index in [-0.39, 0.29) is 23.4 Å². The number of hydrogen-bond acceptors (Lipinski definition) is 4. The Morgan fingerprint density at radius 1 is 0.952 bits per heavy atom. The standard InChI is InChI=1S/C33H40BrN3O4S/c1-4-27-10-8-9-13-31(27)37(42(40,41)30-20-14-24(2)15-21-30)23-32(38)36(22-26-16-18-28(34)19-17-26)25(3)33(39)35-29-11-6-5-7-12-29/h8-10,13-21,25,29H,4-7,11-12,22-23H2,1-3H3,(H,35,39). The second kappa shape index (κ2) is 14.3. The molecule has 0 bridgehead atoms. The van der Waals surface area contributed by atoms with Crippen LogP contribution in [0.25, 0.3) is 0 Å². The predicted molar refractivity (Wildman–Crippen MR) is 171 cm³/mol. The van der Waals surface area contributed by atoms with Gasteiger partial charge in [-0.2, -0.15) is 0 Å². The Balaban J connectivity index is 1.70. The zero-order valence-corrected chi connectivity index (χ0v) is 27.0. The average molecular weight is 655 g/mol. The van der Waals surface area contributed by atoms with E-state index in [0.29, 0.717) is 12.1 Å². The molecule has 0 aromatic heterocycles. The first-order valence-corrected chi connectivity index (χ1v) is 16.8. The number of sulfonamides is 1. The van der Waals surface area contributed by atoms with Gasteiger partial charge in [-0.05, 0) is 74.6 Å². The normalized spacial score (nSPS) is 14.7. The molecule has 0 spiro atoms. The van der Waals surface area contributed by atoms with Gasteiger partial charge in [0.05, 0.1) is 10.6 Å². The third-order valence-electron chi connectivity index (χ3n) is 7.91. The number of rotatable bonds is 11. The molecule has 42 heavy (non-hydrogen) atoms. The van der Waals surface area contributed by atoms with E-state index in [2.05, 4.69) is 21.2 Å². The molecule has 1 fully saturated rings. The number of benzene rings is 3. The Morgan fingerprint density at radius 3 is 2.24 bits per heavy atom. The first-order chi connectivity index (χ1) is 20.1. The average Bonchev–Trinajstić information content (AvgIpc) is 2.99. The first-order valence-electron chi connectivity index (χ1n) is 14.6. The van der Waals surface area contributed by atoms with E-state index >= 15 is 0 Å². The molecular weight excluding hydrogens is 614 g/mol. The SMILES string of the molecule is CCc1ccccc1N(CC(=O)N(Cc1ccc(Br)cc1)C(C)C(=O)NC1CCCCC1)S(=O)(=O)c1ccc(C)cc1. The Hall–Kier alpha value is -3.17. The minimum atomic E-state index is -4.10. The molecule has 0 heterocycles. The van der Waals surface area contributed by atoms with Crippen LogP contribution in [-0.4, -0.2) is 43.8 Å². The molecule has 0 aliphatic heterocycles. The lowest BCUT2D eigenvalue weighted by Gasteiger charge is -2.33. The van der Waals surface area contributed by atoms with Gasteiger partial charge in [0.15, 0.2) is 0 Å². The van der Waals surface area contributed by atoms with Gasteiger partial charge >= 0.3 is 0 Å². The molecule has 1 aliphatic carbocycles. The summed E-state index contributed by atoms with van der Waals surface area (Å²) in [5, 5.41) is 3.14. The smallest absolute Gasteiger partial charge is 0.264 e. The van der Waals surface area contributed by atoms with Crippen molar-refractivity contribution in [1.82, 2.24) is 10.2 Å². The molecule has 1 atom stereocenters. The van der Waals surface area contributed by atoms with Crippen molar-refractivity contribution >= 4 is 43.5 Å². The van der Waals surface area contributed by atoms with Crippen molar-refractivity contribution in [3.63, 3.8) is 0 Å². The molecule has 1 unspecified atom stereocenters. The van der Waals surface area contributed by atoms with Crippen LogP contribution in [0.2, 0.25) is 0 Å². The summed E-state index contributed by atoms with van der Waals surface area (Å²) in [5.41, 5.74) is 3.04. The van der Waals surface area contributed by atoms with Crippen LogP contribution in [0.5, 0.6) is 0 Å². The van der Waals surface area contributed by atoms with Gasteiger partial charge in [0, 0.05) is 17.1 Å². The number of amides is 2. The minimum Gasteiger partial charge on any atom is -0.352 e. The number of anilines is 1. The maximum absolute atomic E-state index is 14.2. The highest BCUT2D eigenvalue weighted by Gasteiger charge is 2.33. The fourth-order valence-electron chi connectivity index (χ4n) is 5.34. The summed E-state index contributed by atoms with van der Waals surface area (Å²) >= 11 is 3.45. The van der Waals surface area contributed by atoms with Gasteiger partial charge in [-0.1, -0.05) is 90.1 Å². The number of hydrogen-bond donors (Lipinski definition) is 1. The van der Waals surface area contributed by atoms with Crippen LogP contribution in [-0.2, 0) is 32.6 Å². The lowest BCUT2D eigenvalue weighted by molar-refractivity contribution is -0.139. The Morgan fingerprint density at radius 2 is 1.60 bits per heavy atom. The highest BCUT2D eigenvalue weighted by molar-refractivity contribution is 9.10. The quantitative estimate of drug-likeness (QED) is 0.260. The lowest BCUT2D eigenvalue weighted by Crippen LogP contribution is -2.53. The van der Waals surface area contributed by atoms with E-state index in [1.165, 1.54) is 15.6 Å². The number of halogens is 1. The lowest BCUT2D eigenvalue weighted by atomic mass is 9.95. The summed E-state index contributed by atoms with van der Waals surface area (Å²) in [7, 11) is -4.10. The summed E-state index contributed by atoms with van der Waals surface area (Å²) in [4.78, 5) is 29.3. The molecule has 4 rings (SSSR count). The number of carbonyl (C=O) groups excluding carboxylic acids is 2. The number of nitrogens with zero attached hydrogens (tertiary/aromatic N) is 2. The molecular formula is C33H40BrN3O4S. The van der Waals surface area contributed by atoms with Crippen molar-refractivity contribution in [1.29, 1.82) is 0 Å². The summed E-state index contributed by atoms with van der Waals surface area (Å²) < 4.78 is 30.3. The Labute approximate surface area is 258 Å². The molecule has 1 aliphatic rings. The van der Waals surface area contributed by atoms with Crippen molar-refractivity contribution in [3.8, 4) is 0 Å². The summed E-state index contributed by atoms with van der Waals surface area (Å²) in [5.74, 6) is -0.680. The molecule has 3 aromatic rings. The fourth-order valence-corrected chi connectivity index (χ4v) is 7.06. The summed E-state index contributed by atoms with van der Waals surface area (Å²) in [6, 6.07) is 20.7. The predicted octanol–water partition coefficient (Wildman–Crippen LogP) is 6.38. The van der Waals surface area contributed by atoms with E-state index in [1.54, 1.807) is 43.3 Å². The van der Waals surface area contributed by atoms with Crippen molar-refractivity contribution in [3.05, 3.63) is 94.0 Å². The van der Waals surface area contributed by atoms with E-state index in [9.17, 15) is 18.0 Å². The van der Waals surface area contributed by atoms with Crippen molar-refractivity contribution in [2.24, 2.45) is 0 Å². The van der Waals surface area contributed by atoms with Gasteiger partial charge in [0.1, 0.15) is 12.6 Å². The van der Waals surface area contributed by atoms with E-state index in [1.807, 2.05) is 50.2 Å². The van der Waals surface area contributed by atoms with Gasteiger partial charge in [0.2, 0.25) is 11.8 Å². The molecule has 2 amide bonds. The third-order valence-corrected chi connectivity index (χ3v) is 10.2. The zero-order valence-electron chi connectivity index (χ0n) is 24.6. The van der Waals surface area contributed by atoms with Gasteiger partial charge in [0.25, 0.3) is 10.0 Å². The van der Waals surface area contributed by atoms with Crippen LogP contribution in [0.15, 0.2) is 82.2 Å². The van der Waals surface area contributed by atoms with Crippen molar-refractivity contribution in [2.45, 2.75) is 82.8 Å². The summed E-state index contributed by atoms with van der Waals surface area (Å²) in [6.45, 7) is 5.29. The second-order valence-electron chi connectivity index (χ2n) is 11.0. The minimum absolute atomic E-state index is 0.0909. The number of carbonyl (C=O) groups is 2. The topological polar surface area (TPSA) is 86.8 Å². The molecule has 9 heteroatoms. The Kier molecular flexibility index (Phi) is 10.8. The first kappa shape index (κ1) is 31.8. The van der Waals surface area contributed by atoms with E-state index < -0.39 is 28.5 Å².